The summed E-state index contributed by atoms with van der Waals surface area (Å²) in [5.74, 6) is 2.27. The van der Waals surface area contributed by atoms with Gasteiger partial charge in [-0.15, -0.1) is 0 Å². The topological polar surface area (TPSA) is 82.1 Å². The lowest BCUT2D eigenvalue weighted by Gasteiger charge is -2.34. The molecule has 0 aromatic carbocycles. The van der Waals surface area contributed by atoms with Gasteiger partial charge in [0.2, 0.25) is 5.89 Å². The molecule has 24 heavy (non-hydrogen) atoms. The van der Waals surface area contributed by atoms with Crippen LogP contribution in [0.5, 0.6) is 0 Å². The van der Waals surface area contributed by atoms with E-state index in [1.165, 1.54) is 0 Å². The molecular formula is C17H22N6O. The number of hydrogen-bond acceptors (Lipinski definition) is 7. The van der Waals surface area contributed by atoms with E-state index in [4.69, 9.17) is 4.52 Å². The summed E-state index contributed by atoms with van der Waals surface area (Å²) in [6.45, 7) is 6.27. The molecule has 2 aromatic heterocycles. The van der Waals surface area contributed by atoms with Gasteiger partial charge in [-0.05, 0) is 18.6 Å². The molecule has 1 aliphatic rings. The third kappa shape index (κ3) is 3.89. The molecule has 126 valence electrons. The number of pyridine rings is 1. The fourth-order valence-corrected chi connectivity index (χ4v) is 2.84. The Bertz CT molecular complexity index is 699. The van der Waals surface area contributed by atoms with Gasteiger partial charge in [-0.3, -0.25) is 4.90 Å². The number of aryl methyl sites for hydroxylation is 1. The third-order valence-electron chi connectivity index (χ3n) is 4.20. The fraction of sp³-hybridized carbons (Fsp3) is 0.529. The van der Waals surface area contributed by atoms with E-state index in [0.717, 1.165) is 57.1 Å². The zero-order valence-electron chi connectivity index (χ0n) is 14.0. The average molecular weight is 326 g/mol. The highest BCUT2D eigenvalue weighted by molar-refractivity contribution is 5.53. The number of hydrogen-bond donors (Lipinski definition) is 0. The van der Waals surface area contributed by atoms with Crippen molar-refractivity contribution in [1.82, 2.24) is 20.0 Å². The number of nitriles is 1. The summed E-state index contributed by atoms with van der Waals surface area (Å²) in [4.78, 5) is 13.3. The van der Waals surface area contributed by atoms with Crippen molar-refractivity contribution in [2.24, 2.45) is 0 Å². The lowest BCUT2D eigenvalue weighted by Crippen LogP contribution is -2.46. The van der Waals surface area contributed by atoms with Crippen LogP contribution < -0.4 is 4.90 Å². The first kappa shape index (κ1) is 16.4. The molecular weight excluding hydrogens is 304 g/mol. The molecule has 1 aliphatic heterocycles. The molecule has 0 aliphatic carbocycles. The van der Waals surface area contributed by atoms with E-state index in [2.05, 4.69) is 37.9 Å². The largest absolute Gasteiger partial charge is 0.353 e. The maximum absolute atomic E-state index is 9.21. The van der Waals surface area contributed by atoms with Crippen LogP contribution in [0, 0.1) is 11.3 Å². The minimum Gasteiger partial charge on any atom is -0.353 e. The standard InChI is InChI=1S/C17H22N6O/c1-2-3-6-15-20-16(24-21-15)13-22-8-10-23(11-9-22)17-14(12-18)5-4-7-19-17/h4-5,7H,2-3,6,8-11,13H2,1H3. The number of nitrogens with zero attached hydrogens (tertiary/aromatic N) is 6. The predicted octanol–water partition coefficient (Wildman–Crippen LogP) is 2.00. The molecule has 3 heterocycles. The molecule has 0 N–H and O–H groups in total. The minimum atomic E-state index is 0.628. The van der Waals surface area contributed by atoms with Gasteiger partial charge in [0.05, 0.1) is 12.1 Å². The molecule has 3 rings (SSSR count). The van der Waals surface area contributed by atoms with Crippen LogP contribution in [0.1, 0.15) is 37.0 Å². The number of rotatable bonds is 6. The SMILES string of the molecule is CCCCc1noc(CN2CCN(c3ncccc3C#N)CC2)n1. The Morgan fingerprint density at radius 3 is 2.88 bits per heavy atom. The summed E-state index contributed by atoms with van der Waals surface area (Å²) < 4.78 is 5.34. The number of piperazine rings is 1. The Balaban J connectivity index is 1.54. The molecule has 1 fully saturated rings. The maximum Gasteiger partial charge on any atom is 0.240 e. The van der Waals surface area contributed by atoms with Crippen molar-refractivity contribution in [3.63, 3.8) is 0 Å². The van der Waals surface area contributed by atoms with Crippen molar-refractivity contribution in [3.05, 3.63) is 35.6 Å². The summed E-state index contributed by atoms with van der Waals surface area (Å²) >= 11 is 0. The van der Waals surface area contributed by atoms with Crippen LogP contribution in [-0.2, 0) is 13.0 Å². The van der Waals surface area contributed by atoms with Gasteiger partial charge in [0.15, 0.2) is 5.82 Å². The van der Waals surface area contributed by atoms with E-state index < -0.39 is 0 Å². The van der Waals surface area contributed by atoms with Crippen molar-refractivity contribution in [1.29, 1.82) is 5.26 Å². The summed E-state index contributed by atoms with van der Waals surface area (Å²) in [5, 5.41) is 13.2. The second-order valence-electron chi connectivity index (χ2n) is 5.96. The van der Waals surface area contributed by atoms with Crippen LogP contribution >= 0.6 is 0 Å². The fourth-order valence-electron chi connectivity index (χ4n) is 2.84. The number of unbranched alkanes of at least 4 members (excludes halogenated alkanes) is 1. The monoisotopic (exact) mass is 326 g/mol. The first-order valence-corrected chi connectivity index (χ1v) is 8.44. The molecule has 1 saturated heterocycles. The molecule has 0 saturated carbocycles. The van der Waals surface area contributed by atoms with E-state index in [1.54, 1.807) is 12.3 Å². The number of aromatic nitrogens is 3. The van der Waals surface area contributed by atoms with Crippen molar-refractivity contribution < 1.29 is 4.52 Å². The lowest BCUT2D eigenvalue weighted by atomic mass is 10.2. The van der Waals surface area contributed by atoms with E-state index in [1.807, 2.05) is 6.07 Å². The molecule has 0 spiro atoms. The van der Waals surface area contributed by atoms with Gasteiger partial charge in [-0.1, -0.05) is 18.5 Å². The van der Waals surface area contributed by atoms with Crippen molar-refractivity contribution in [3.8, 4) is 6.07 Å². The molecule has 0 atom stereocenters. The zero-order valence-corrected chi connectivity index (χ0v) is 14.0. The normalized spacial score (nSPS) is 15.4. The Hall–Kier alpha value is -2.46. The van der Waals surface area contributed by atoms with Crippen molar-refractivity contribution in [2.45, 2.75) is 32.7 Å². The van der Waals surface area contributed by atoms with Crippen LogP contribution in [0.4, 0.5) is 5.82 Å². The minimum absolute atomic E-state index is 0.628. The van der Waals surface area contributed by atoms with Crippen LogP contribution in [0.3, 0.4) is 0 Å². The second-order valence-corrected chi connectivity index (χ2v) is 5.96. The van der Waals surface area contributed by atoms with Crippen molar-refractivity contribution in [2.75, 3.05) is 31.1 Å². The van der Waals surface area contributed by atoms with Crippen LogP contribution in [0.15, 0.2) is 22.9 Å². The van der Waals surface area contributed by atoms with Crippen LogP contribution in [0.2, 0.25) is 0 Å². The molecule has 0 amide bonds. The highest BCUT2D eigenvalue weighted by atomic mass is 16.5. The predicted molar refractivity (Wildman–Crippen MR) is 89.4 cm³/mol. The van der Waals surface area contributed by atoms with E-state index in [9.17, 15) is 5.26 Å². The summed E-state index contributed by atoms with van der Waals surface area (Å²) in [7, 11) is 0. The quantitative estimate of drug-likeness (QED) is 0.803. The molecule has 0 radical (unpaired) electrons. The Kier molecular flexibility index (Phi) is 5.39. The number of anilines is 1. The zero-order chi connectivity index (χ0) is 16.8. The van der Waals surface area contributed by atoms with Gasteiger partial charge in [-0.2, -0.15) is 10.2 Å². The maximum atomic E-state index is 9.21. The molecule has 7 heteroatoms. The summed E-state index contributed by atoms with van der Waals surface area (Å²) in [5.41, 5.74) is 0.628. The Morgan fingerprint density at radius 2 is 2.12 bits per heavy atom. The van der Waals surface area contributed by atoms with Gasteiger partial charge in [0.25, 0.3) is 0 Å². The third-order valence-corrected chi connectivity index (χ3v) is 4.20. The average Bonchev–Trinajstić information content (AvgIpc) is 3.08. The molecule has 7 nitrogen and oxygen atoms in total. The Morgan fingerprint density at radius 1 is 1.29 bits per heavy atom. The van der Waals surface area contributed by atoms with Crippen molar-refractivity contribution >= 4 is 5.82 Å². The van der Waals surface area contributed by atoms with Crippen LogP contribution in [-0.4, -0.2) is 46.2 Å². The van der Waals surface area contributed by atoms with Gasteiger partial charge < -0.3 is 9.42 Å². The Labute approximate surface area is 141 Å². The van der Waals surface area contributed by atoms with Crippen LogP contribution in [0.25, 0.3) is 0 Å². The van der Waals surface area contributed by atoms with E-state index in [-0.39, 0.29) is 0 Å². The molecule has 0 unspecified atom stereocenters. The lowest BCUT2D eigenvalue weighted by molar-refractivity contribution is 0.215. The van der Waals surface area contributed by atoms with Gasteiger partial charge in [0, 0.05) is 38.8 Å². The second kappa shape index (κ2) is 7.88. The smallest absolute Gasteiger partial charge is 0.240 e. The first-order valence-electron chi connectivity index (χ1n) is 8.44. The highest BCUT2D eigenvalue weighted by Gasteiger charge is 2.21. The summed E-state index contributed by atoms with van der Waals surface area (Å²) in [6, 6.07) is 5.82. The van der Waals surface area contributed by atoms with E-state index >= 15 is 0 Å². The molecule has 0 bridgehead atoms. The highest BCUT2D eigenvalue weighted by Crippen LogP contribution is 2.18. The van der Waals surface area contributed by atoms with E-state index in [0.29, 0.717) is 18.0 Å². The van der Waals surface area contributed by atoms with Gasteiger partial charge in [0.1, 0.15) is 11.9 Å². The summed E-state index contributed by atoms with van der Waals surface area (Å²) in [6.07, 6.45) is 4.83. The first-order chi connectivity index (χ1) is 11.8. The molecule has 2 aromatic rings. The van der Waals surface area contributed by atoms with Gasteiger partial charge in [-0.25, -0.2) is 4.98 Å². The van der Waals surface area contributed by atoms with Gasteiger partial charge >= 0.3 is 0 Å².